The summed E-state index contributed by atoms with van der Waals surface area (Å²) in [6.07, 6.45) is 0. The van der Waals surface area contributed by atoms with Crippen molar-refractivity contribution in [2.75, 3.05) is 0 Å². The van der Waals surface area contributed by atoms with Crippen LogP contribution in [0.5, 0.6) is 5.75 Å². The Morgan fingerprint density at radius 3 is 2.69 bits per heavy atom. The molecular formula is C18H14Cl2N2O3S. The number of hydrogen-bond acceptors (Lipinski definition) is 6. The van der Waals surface area contributed by atoms with E-state index in [9.17, 15) is 4.79 Å². The van der Waals surface area contributed by atoms with E-state index in [0.29, 0.717) is 26.6 Å². The first kappa shape index (κ1) is 18.8. The first-order valence-electron chi connectivity index (χ1n) is 7.69. The third kappa shape index (κ3) is 4.78. The minimum atomic E-state index is -0.350. The van der Waals surface area contributed by atoms with E-state index in [4.69, 9.17) is 32.4 Å². The number of ether oxygens (including phenoxy) is 1. The van der Waals surface area contributed by atoms with Crippen molar-refractivity contribution in [3.8, 4) is 5.75 Å². The molecule has 26 heavy (non-hydrogen) atoms. The van der Waals surface area contributed by atoms with Crippen molar-refractivity contribution in [2.24, 2.45) is 0 Å². The Balaban J connectivity index is 1.58. The second-order valence-corrected chi connectivity index (χ2v) is 7.45. The highest BCUT2D eigenvalue weighted by Crippen LogP contribution is 2.29. The zero-order valence-electron chi connectivity index (χ0n) is 13.7. The Hall–Kier alpha value is -2.02. The van der Waals surface area contributed by atoms with Gasteiger partial charge in [-0.1, -0.05) is 65.3 Å². The molecule has 0 aliphatic rings. The Kier molecular flexibility index (Phi) is 6.19. The molecule has 0 saturated heterocycles. The van der Waals surface area contributed by atoms with Gasteiger partial charge in [0.05, 0.1) is 10.3 Å². The molecule has 1 aromatic heterocycles. The van der Waals surface area contributed by atoms with Crippen molar-refractivity contribution in [3.63, 3.8) is 0 Å². The van der Waals surface area contributed by atoms with Crippen LogP contribution in [0.2, 0.25) is 10.0 Å². The molecule has 8 heteroatoms. The average Bonchev–Trinajstić information content (AvgIpc) is 3.08. The smallest absolute Gasteiger partial charge is 0.277 e. The maximum absolute atomic E-state index is 12.4. The molecule has 0 amide bonds. The minimum absolute atomic E-state index is 0.000420. The molecule has 0 aliphatic carbocycles. The zero-order chi connectivity index (χ0) is 18.5. The number of nitrogens with zero attached hydrogens (tertiary/aromatic N) is 2. The van der Waals surface area contributed by atoms with Gasteiger partial charge in [0.15, 0.2) is 12.4 Å². The molecule has 0 aliphatic heterocycles. The molecule has 0 unspecified atom stereocenters. The van der Waals surface area contributed by atoms with Crippen LogP contribution < -0.4 is 4.74 Å². The van der Waals surface area contributed by atoms with Crippen LogP contribution in [0.3, 0.4) is 0 Å². The van der Waals surface area contributed by atoms with Gasteiger partial charge >= 0.3 is 0 Å². The number of carbonyl (C=O) groups excluding carboxylic acids is 1. The van der Waals surface area contributed by atoms with Crippen LogP contribution in [0, 0.1) is 0 Å². The van der Waals surface area contributed by atoms with E-state index < -0.39 is 0 Å². The summed E-state index contributed by atoms with van der Waals surface area (Å²) in [7, 11) is 0. The summed E-state index contributed by atoms with van der Waals surface area (Å²) in [4.78, 5) is 12.4. The molecule has 1 heterocycles. The van der Waals surface area contributed by atoms with Gasteiger partial charge in [-0.3, -0.25) is 4.79 Å². The molecule has 3 aromatic rings. The van der Waals surface area contributed by atoms with Gasteiger partial charge in [0.2, 0.25) is 0 Å². The second kappa shape index (κ2) is 8.58. The number of benzene rings is 2. The highest BCUT2D eigenvalue weighted by molar-refractivity contribution is 8.00. The van der Waals surface area contributed by atoms with E-state index in [1.165, 1.54) is 11.8 Å². The van der Waals surface area contributed by atoms with E-state index in [0.717, 1.165) is 0 Å². The molecule has 5 nitrogen and oxygen atoms in total. The maximum Gasteiger partial charge on any atom is 0.277 e. The average molecular weight is 409 g/mol. The van der Waals surface area contributed by atoms with Gasteiger partial charge < -0.3 is 9.15 Å². The van der Waals surface area contributed by atoms with Gasteiger partial charge in [0.25, 0.3) is 11.1 Å². The molecule has 1 atom stereocenters. The monoisotopic (exact) mass is 408 g/mol. The molecular weight excluding hydrogens is 395 g/mol. The largest absolute Gasteiger partial charge is 0.482 e. The quantitative estimate of drug-likeness (QED) is 0.389. The normalized spacial score (nSPS) is 12.0. The number of hydrogen-bond donors (Lipinski definition) is 0. The van der Waals surface area contributed by atoms with Crippen LogP contribution in [0.25, 0.3) is 0 Å². The van der Waals surface area contributed by atoms with E-state index in [1.54, 1.807) is 37.3 Å². The summed E-state index contributed by atoms with van der Waals surface area (Å²) in [6, 6.07) is 14.0. The lowest BCUT2D eigenvalue weighted by atomic mass is 10.1. The zero-order valence-corrected chi connectivity index (χ0v) is 16.0. The molecule has 0 radical (unpaired) electrons. The number of Topliss-reactive ketones (excluding diaryl/α,β-unsaturated/α-hetero) is 1. The topological polar surface area (TPSA) is 65.2 Å². The van der Waals surface area contributed by atoms with Crippen LogP contribution >= 0.6 is 35.0 Å². The number of aromatic nitrogens is 2. The van der Waals surface area contributed by atoms with Crippen molar-refractivity contribution in [1.82, 2.24) is 10.2 Å². The molecule has 134 valence electrons. The van der Waals surface area contributed by atoms with Crippen LogP contribution in [0.1, 0.15) is 23.2 Å². The maximum atomic E-state index is 12.4. The second-order valence-electron chi connectivity index (χ2n) is 5.32. The Morgan fingerprint density at radius 1 is 1.19 bits per heavy atom. The number of thioether (sulfide) groups is 1. The van der Waals surface area contributed by atoms with Crippen molar-refractivity contribution in [3.05, 3.63) is 70.0 Å². The van der Waals surface area contributed by atoms with Crippen molar-refractivity contribution < 1.29 is 13.9 Å². The van der Waals surface area contributed by atoms with Gasteiger partial charge in [0, 0.05) is 10.6 Å². The van der Waals surface area contributed by atoms with Crippen LogP contribution in [-0.4, -0.2) is 21.2 Å². The first-order valence-corrected chi connectivity index (χ1v) is 9.32. The predicted octanol–water partition coefficient (Wildman–Crippen LogP) is 5.32. The number of ketones is 1. The summed E-state index contributed by atoms with van der Waals surface area (Å²) in [5.74, 6) is 0.758. The fraction of sp³-hybridized carbons (Fsp3) is 0.167. The summed E-state index contributed by atoms with van der Waals surface area (Å²) < 4.78 is 11.1. The first-order chi connectivity index (χ1) is 12.5. The molecule has 2 aromatic carbocycles. The van der Waals surface area contributed by atoms with Crippen molar-refractivity contribution in [2.45, 2.75) is 24.0 Å². The third-order valence-corrected chi connectivity index (χ3v) is 4.86. The van der Waals surface area contributed by atoms with Crippen molar-refractivity contribution >= 4 is 40.7 Å². The lowest BCUT2D eigenvalue weighted by Gasteiger charge is -2.07. The highest BCUT2D eigenvalue weighted by Gasteiger charge is 2.19. The summed E-state index contributed by atoms with van der Waals surface area (Å²) in [5.41, 5.74) is 0.646. The number of carbonyl (C=O) groups is 1. The Bertz CT molecular complexity index is 902. The van der Waals surface area contributed by atoms with Gasteiger partial charge in [-0.25, -0.2) is 0 Å². The molecule has 0 bridgehead atoms. The SMILES string of the molecule is C[C@@H](Sc1nnc(COc2ccc(Cl)cc2Cl)o1)C(=O)c1ccccc1. The van der Waals surface area contributed by atoms with E-state index in [2.05, 4.69) is 10.2 Å². The van der Waals surface area contributed by atoms with Gasteiger partial charge in [0.1, 0.15) is 5.75 Å². The molecule has 0 spiro atoms. The van der Waals surface area contributed by atoms with Crippen LogP contribution in [0.4, 0.5) is 0 Å². The van der Waals surface area contributed by atoms with E-state index >= 15 is 0 Å². The number of halogens is 2. The highest BCUT2D eigenvalue weighted by atomic mass is 35.5. The molecule has 0 fully saturated rings. The standard InChI is InChI=1S/C18H14Cl2N2O3S/c1-11(17(23)12-5-3-2-4-6-12)26-18-22-21-16(25-18)10-24-15-8-7-13(19)9-14(15)20/h2-9,11H,10H2,1H3/t11-/m1/s1. The van der Waals surface area contributed by atoms with Crippen LogP contribution in [0.15, 0.2) is 58.2 Å². The van der Waals surface area contributed by atoms with E-state index in [1.807, 2.05) is 18.2 Å². The van der Waals surface area contributed by atoms with Crippen molar-refractivity contribution in [1.29, 1.82) is 0 Å². The minimum Gasteiger partial charge on any atom is -0.482 e. The van der Waals surface area contributed by atoms with Gasteiger partial charge in [-0.05, 0) is 25.1 Å². The third-order valence-electron chi connectivity index (χ3n) is 3.40. The van der Waals surface area contributed by atoms with Gasteiger partial charge in [-0.2, -0.15) is 0 Å². The Labute approximate surface area is 164 Å². The lowest BCUT2D eigenvalue weighted by Crippen LogP contribution is -2.13. The van der Waals surface area contributed by atoms with E-state index in [-0.39, 0.29) is 23.5 Å². The van der Waals surface area contributed by atoms with Crippen LogP contribution in [-0.2, 0) is 6.61 Å². The van der Waals surface area contributed by atoms with Gasteiger partial charge in [-0.15, -0.1) is 10.2 Å². The Morgan fingerprint density at radius 2 is 1.96 bits per heavy atom. The summed E-state index contributed by atoms with van der Waals surface area (Å²) in [6.45, 7) is 1.86. The lowest BCUT2D eigenvalue weighted by molar-refractivity contribution is 0.0993. The summed E-state index contributed by atoms with van der Waals surface area (Å²) >= 11 is 13.1. The fourth-order valence-electron chi connectivity index (χ4n) is 2.12. The molecule has 0 saturated carbocycles. The number of rotatable bonds is 7. The fourth-order valence-corrected chi connectivity index (χ4v) is 3.36. The molecule has 3 rings (SSSR count). The predicted molar refractivity (Wildman–Crippen MR) is 101 cm³/mol. The molecule has 0 N–H and O–H groups in total. The summed E-state index contributed by atoms with van der Waals surface area (Å²) in [5, 5.41) is 8.74.